The second-order valence-corrected chi connectivity index (χ2v) is 7.75. The molecule has 1 amide bonds. The molecule has 1 saturated heterocycles. The van der Waals surface area contributed by atoms with Gasteiger partial charge >= 0.3 is 0 Å². The van der Waals surface area contributed by atoms with Crippen molar-refractivity contribution in [2.24, 2.45) is 5.92 Å². The van der Waals surface area contributed by atoms with Crippen LogP contribution in [0.3, 0.4) is 0 Å². The van der Waals surface area contributed by atoms with Crippen molar-refractivity contribution in [1.82, 2.24) is 14.8 Å². The fourth-order valence-electron chi connectivity index (χ4n) is 4.04. The fraction of sp³-hybridized carbons (Fsp3) is 0.571. The number of methoxy groups -OCH3 is 1. The Labute approximate surface area is 161 Å². The maximum Gasteiger partial charge on any atom is 0.246 e. The zero-order valence-corrected chi connectivity index (χ0v) is 16.5. The molecule has 2 atom stereocenters. The molecule has 27 heavy (non-hydrogen) atoms. The number of likely N-dealkylation sites (tertiary alicyclic amines) is 1. The minimum Gasteiger partial charge on any atom is -0.396 e. The first-order valence-electron chi connectivity index (χ1n) is 9.73. The molecule has 0 spiro atoms. The summed E-state index contributed by atoms with van der Waals surface area (Å²) in [6.07, 6.45) is 3.13. The molecule has 1 aromatic heterocycles. The number of nitrogens with one attached hydrogen (secondary N) is 1. The zero-order valence-electron chi connectivity index (χ0n) is 16.5. The van der Waals surface area contributed by atoms with Crippen molar-refractivity contribution in [3.8, 4) is 0 Å². The van der Waals surface area contributed by atoms with E-state index in [0.29, 0.717) is 6.04 Å². The number of piperidine rings is 1. The number of aliphatic hydroxyl groups excluding tert-OH is 1. The lowest BCUT2D eigenvalue weighted by molar-refractivity contribution is -0.126. The van der Waals surface area contributed by atoms with Crippen LogP contribution >= 0.6 is 0 Å². The summed E-state index contributed by atoms with van der Waals surface area (Å²) in [6, 6.07) is 8.88. The molecule has 2 aromatic rings. The van der Waals surface area contributed by atoms with Gasteiger partial charge in [0.05, 0.1) is 0 Å². The number of para-hydroxylation sites is 1. The van der Waals surface area contributed by atoms with Gasteiger partial charge in [0.15, 0.2) is 0 Å². The number of benzene rings is 1. The minimum atomic E-state index is -0.126. The summed E-state index contributed by atoms with van der Waals surface area (Å²) in [5, 5.41) is 14.0. The van der Waals surface area contributed by atoms with E-state index in [1.807, 2.05) is 0 Å². The summed E-state index contributed by atoms with van der Waals surface area (Å²) in [5.41, 5.74) is 2.57. The average Bonchev–Trinajstić information content (AvgIpc) is 3.01. The molecular weight excluding hydrogens is 342 g/mol. The van der Waals surface area contributed by atoms with Crippen LogP contribution in [0.25, 0.3) is 10.9 Å². The lowest BCUT2D eigenvalue weighted by Gasteiger charge is -2.38. The summed E-state index contributed by atoms with van der Waals surface area (Å²) in [7, 11) is 1.51. The van der Waals surface area contributed by atoms with Gasteiger partial charge in [-0.25, -0.2) is 0 Å². The lowest BCUT2D eigenvalue weighted by Crippen LogP contribution is -2.53. The van der Waals surface area contributed by atoms with Crippen molar-refractivity contribution in [3.05, 3.63) is 36.0 Å². The van der Waals surface area contributed by atoms with Crippen LogP contribution < -0.4 is 5.32 Å². The van der Waals surface area contributed by atoms with Crippen LogP contribution in [0.4, 0.5) is 0 Å². The van der Waals surface area contributed by atoms with Gasteiger partial charge < -0.3 is 19.7 Å². The third-order valence-corrected chi connectivity index (χ3v) is 5.47. The molecule has 0 saturated carbocycles. The number of amides is 1. The lowest BCUT2D eigenvalue weighted by atomic mass is 9.92. The highest BCUT2D eigenvalue weighted by Crippen LogP contribution is 2.27. The van der Waals surface area contributed by atoms with Crippen LogP contribution in [0, 0.1) is 5.92 Å². The third kappa shape index (κ3) is 4.51. The van der Waals surface area contributed by atoms with Crippen LogP contribution in [-0.4, -0.2) is 59.9 Å². The molecule has 6 nitrogen and oxygen atoms in total. The molecule has 1 aromatic carbocycles. The molecule has 0 unspecified atom stereocenters. The van der Waals surface area contributed by atoms with Crippen molar-refractivity contribution in [1.29, 1.82) is 0 Å². The molecule has 0 radical (unpaired) electrons. The van der Waals surface area contributed by atoms with Gasteiger partial charge in [0, 0.05) is 61.9 Å². The number of nitrogens with zero attached hydrogens (tertiary/aromatic N) is 2. The quantitative estimate of drug-likeness (QED) is 0.781. The highest BCUT2D eigenvalue weighted by molar-refractivity contribution is 5.84. The first-order valence-corrected chi connectivity index (χ1v) is 9.73. The van der Waals surface area contributed by atoms with Gasteiger partial charge in [0.2, 0.25) is 5.91 Å². The van der Waals surface area contributed by atoms with E-state index in [1.54, 1.807) is 0 Å². The van der Waals surface area contributed by atoms with Crippen molar-refractivity contribution in [2.75, 3.05) is 33.4 Å². The Morgan fingerprint density at radius 2 is 2.15 bits per heavy atom. The molecule has 0 bridgehead atoms. The molecule has 2 heterocycles. The third-order valence-electron chi connectivity index (χ3n) is 5.47. The number of aromatic nitrogens is 1. The summed E-state index contributed by atoms with van der Waals surface area (Å²) in [5.74, 6) is -0.0294. The van der Waals surface area contributed by atoms with E-state index in [1.165, 1.54) is 23.6 Å². The molecule has 148 valence electrons. The number of aliphatic hydroxyl groups is 1. The summed E-state index contributed by atoms with van der Waals surface area (Å²) < 4.78 is 7.24. The Morgan fingerprint density at radius 3 is 2.85 bits per heavy atom. The number of carbonyl (C=O) groups excluding carboxylic acids is 1. The molecular formula is C21H31N3O3. The molecule has 2 N–H and O–H groups in total. The molecule has 3 rings (SSSR count). The van der Waals surface area contributed by atoms with E-state index >= 15 is 0 Å². The largest absolute Gasteiger partial charge is 0.396 e. The van der Waals surface area contributed by atoms with Crippen LogP contribution in [0.1, 0.15) is 31.9 Å². The first kappa shape index (κ1) is 19.9. The minimum absolute atomic E-state index is 0.0511. The van der Waals surface area contributed by atoms with Crippen LogP contribution in [0.5, 0.6) is 0 Å². The van der Waals surface area contributed by atoms with Gasteiger partial charge in [-0.15, -0.1) is 0 Å². The molecule has 6 heteroatoms. The number of fused-ring (bicyclic) bond motifs is 1. The fourth-order valence-corrected chi connectivity index (χ4v) is 4.04. The van der Waals surface area contributed by atoms with E-state index in [2.05, 4.69) is 59.1 Å². The molecule has 1 aliphatic heterocycles. The second kappa shape index (κ2) is 8.87. The molecule has 0 aliphatic carbocycles. The first-order chi connectivity index (χ1) is 13.0. The standard InChI is InChI=1S/C21H31N3O3/c1-15(2)24-11-17(18-6-4-5-7-20(18)24)10-23-9-8-16(13-25)19(12-23)22-21(26)14-27-3/h4-7,11,15-16,19,25H,8-10,12-14H2,1-3H3,(H,22,26)/t16-,19-/m1/s1. The average molecular weight is 373 g/mol. The Bertz CT molecular complexity index is 771. The number of rotatable bonds is 7. The van der Waals surface area contributed by atoms with E-state index < -0.39 is 0 Å². The predicted octanol–water partition coefficient (Wildman–Crippen LogP) is 2.17. The maximum absolute atomic E-state index is 12.0. The van der Waals surface area contributed by atoms with Crippen molar-refractivity contribution < 1.29 is 14.6 Å². The normalized spacial score (nSPS) is 21.1. The van der Waals surface area contributed by atoms with Crippen molar-refractivity contribution in [3.63, 3.8) is 0 Å². The number of hydrogen-bond donors (Lipinski definition) is 2. The van der Waals surface area contributed by atoms with Gasteiger partial charge in [-0.05, 0) is 38.4 Å². The monoisotopic (exact) mass is 373 g/mol. The predicted molar refractivity (Wildman–Crippen MR) is 107 cm³/mol. The second-order valence-electron chi connectivity index (χ2n) is 7.75. The highest BCUT2D eigenvalue weighted by atomic mass is 16.5. The van der Waals surface area contributed by atoms with Crippen LogP contribution in [-0.2, 0) is 16.1 Å². The van der Waals surface area contributed by atoms with E-state index in [0.717, 1.165) is 26.1 Å². The van der Waals surface area contributed by atoms with Gasteiger partial charge in [0.25, 0.3) is 0 Å². The smallest absolute Gasteiger partial charge is 0.246 e. The Balaban J connectivity index is 1.76. The topological polar surface area (TPSA) is 66.7 Å². The van der Waals surface area contributed by atoms with Gasteiger partial charge in [0.1, 0.15) is 6.61 Å². The van der Waals surface area contributed by atoms with Crippen molar-refractivity contribution in [2.45, 2.75) is 38.9 Å². The molecule has 1 aliphatic rings. The summed E-state index contributed by atoms with van der Waals surface area (Å²) in [4.78, 5) is 14.3. The summed E-state index contributed by atoms with van der Waals surface area (Å²) in [6.45, 7) is 7.05. The van der Waals surface area contributed by atoms with Crippen molar-refractivity contribution >= 4 is 16.8 Å². The van der Waals surface area contributed by atoms with E-state index in [9.17, 15) is 9.90 Å². The van der Waals surface area contributed by atoms with Gasteiger partial charge in [-0.1, -0.05) is 18.2 Å². The number of carbonyl (C=O) groups is 1. The SMILES string of the molecule is COCC(=O)N[C@@H]1CN(Cc2cn(C(C)C)c3ccccc23)CC[C@@H]1CO. The number of hydrogen-bond acceptors (Lipinski definition) is 4. The zero-order chi connectivity index (χ0) is 19.4. The summed E-state index contributed by atoms with van der Waals surface area (Å²) >= 11 is 0. The van der Waals surface area contributed by atoms with Gasteiger partial charge in [-0.3, -0.25) is 9.69 Å². The maximum atomic E-state index is 12.0. The van der Waals surface area contributed by atoms with E-state index in [-0.39, 0.29) is 31.1 Å². The van der Waals surface area contributed by atoms with Crippen LogP contribution in [0.2, 0.25) is 0 Å². The molecule has 1 fully saturated rings. The Kier molecular flexibility index (Phi) is 6.52. The van der Waals surface area contributed by atoms with E-state index in [4.69, 9.17) is 4.74 Å². The van der Waals surface area contributed by atoms with Gasteiger partial charge in [-0.2, -0.15) is 0 Å². The van der Waals surface area contributed by atoms with Crippen LogP contribution in [0.15, 0.2) is 30.5 Å². The number of ether oxygens (including phenoxy) is 1. The highest BCUT2D eigenvalue weighted by Gasteiger charge is 2.30. The Hall–Kier alpha value is -1.89. The Morgan fingerprint density at radius 1 is 1.37 bits per heavy atom.